The molecule has 2 rings (SSSR count). The summed E-state index contributed by atoms with van der Waals surface area (Å²) in [4.78, 5) is 49.8. The minimum absolute atomic E-state index is 0.00931. The van der Waals surface area contributed by atoms with E-state index in [1.54, 1.807) is 0 Å². The molecule has 4 atom stereocenters. The fourth-order valence-electron chi connectivity index (χ4n) is 4.02. The van der Waals surface area contributed by atoms with Crippen molar-refractivity contribution in [2.45, 2.75) is 58.9 Å². The van der Waals surface area contributed by atoms with Crippen molar-refractivity contribution in [1.82, 2.24) is 15.5 Å². The van der Waals surface area contributed by atoms with Crippen LogP contribution in [0.4, 0.5) is 0 Å². The van der Waals surface area contributed by atoms with Gasteiger partial charge in [0.1, 0.15) is 0 Å². The van der Waals surface area contributed by atoms with Gasteiger partial charge >= 0.3 is 5.97 Å². The SMILES string of the molecule is CCCNC(=O)CNC(=O)COC(=O)[C@@H]1CC(=O)N([C@@H]2CCC[C@H](C)[C@@H]2C)C1. The Morgan fingerprint density at radius 1 is 1.14 bits per heavy atom. The maximum absolute atomic E-state index is 12.4. The minimum Gasteiger partial charge on any atom is -0.455 e. The summed E-state index contributed by atoms with van der Waals surface area (Å²) in [6.45, 7) is 6.64. The van der Waals surface area contributed by atoms with Crippen molar-refractivity contribution in [1.29, 1.82) is 0 Å². The lowest BCUT2D eigenvalue weighted by Gasteiger charge is -2.39. The Bertz CT molecular complexity index is 594. The van der Waals surface area contributed by atoms with E-state index in [0.29, 0.717) is 24.9 Å². The average molecular weight is 396 g/mol. The molecule has 2 aliphatic rings. The lowest BCUT2D eigenvalue weighted by molar-refractivity contribution is -0.152. The molecule has 0 aromatic carbocycles. The van der Waals surface area contributed by atoms with Gasteiger partial charge in [-0.25, -0.2) is 0 Å². The van der Waals surface area contributed by atoms with Crippen LogP contribution in [0.3, 0.4) is 0 Å². The fraction of sp³-hybridized carbons (Fsp3) is 0.800. The molecule has 1 aliphatic carbocycles. The molecule has 1 aliphatic heterocycles. The zero-order chi connectivity index (χ0) is 20.7. The average Bonchev–Trinajstić information content (AvgIpc) is 3.06. The summed E-state index contributed by atoms with van der Waals surface area (Å²) in [5.74, 6) is -0.904. The van der Waals surface area contributed by atoms with Gasteiger partial charge in [-0.15, -0.1) is 0 Å². The van der Waals surface area contributed by atoms with E-state index in [2.05, 4.69) is 24.5 Å². The zero-order valence-electron chi connectivity index (χ0n) is 17.2. The normalized spacial score (nSPS) is 27.4. The topological polar surface area (TPSA) is 105 Å². The Labute approximate surface area is 166 Å². The Hall–Kier alpha value is -2.12. The number of carbonyl (C=O) groups is 4. The monoisotopic (exact) mass is 395 g/mol. The molecule has 28 heavy (non-hydrogen) atoms. The summed E-state index contributed by atoms with van der Waals surface area (Å²) in [7, 11) is 0. The second kappa shape index (κ2) is 10.4. The molecular weight excluding hydrogens is 362 g/mol. The van der Waals surface area contributed by atoms with Gasteiger partial charge in [0.15, 0.2) is 6.61 Å². The molecule has 0 spiro atoms. The standard InChI is InChI=1S/C20H33N3O5/c1-4-8-21-17(24)10-22-18(25)12-28-20(27)15-9-19(26)23(11-15)16-7-5-6-13(2)14(16)3/h13-16H,4-12H2,1-3H3,(H,21,24)(H,22,25)/t13-,14-,15+,16+/m0/s1. The van der Waals surface area contributed by atoms with E-state index in [9.17, 15) is 19.2 Å². The number of hydrogen-bond acceptors (Lipinski definition) is 5. The van der Waals surface area contributed by atoms with Crippen LogP contribution in [-0.2, 0) is 23.9 Å². The largest absolute Gasteiger partial charge is 0.455 e. The maximum Gasteiger partial charge on any atom is 0.311 e. The van der Waals surface area contributed by atoms with Gasteiger partial charge in [-0.1, -0.05) is 33.6 Å². The van der Waals surface area contributed by atoms with Crippen LogP contribution < -0.4 is 10.6 Å². The summed E-state index contributed by atoms with van der Waals surface area (Å²) in [6.07, 6.45) is 4.20. The van der Waals surface area contributed by atoms with Gasteiger partial charge in [-0.3, -0.25) is 19.2 Å². The van der Waals surface area contributed by atoms with E-state index in [4.69, 9.17) is 4.74 Å². The summed E-state index contributed by atoms with van der Waals surface area (Å²) in [6, 6.07) is 0.180. The van der Waals surface area contributed by atoms with Crippen molar-refractivity contribution in [3.8, 4) is 0 Å². The Kier molecular flexibility index (Phi) is 8.26. The van der Waals surface area contributed by atoms with E-state index in [1.165, 1.54) is 6.42 Å². The van der Waals surface area contributed by atoms with Gasteiger partial charge in [-0.05, 0) is 24.7 Å². The smallest absolute Gasteiger partial charge is 0.311 e. The van der Waals surface area contributed by atoms with Crippen molar-refractivity contribution >= 4 is 23.7 Å². The first kappa shape index (κ1) is 22.2. The van der Waals surface area contributed by atoms with Crippen LogP contribution in [0, 0.1) is 17.8 Å². The third-order valence-electron chi connectivity index (χ3n) is 5.92. The van der Waals surface area contributed by atoms with Gasteiger partial charge in [-0.2, -0.15) is 0 Å². The van der Waals surface area contributed by atoms with Crippen molar-refractivity contribution in [2.24, 2.45) is 17.8 Å². The quantitative estimate of drug-likeness (QED) is 0.593. The highest BCUT2D eigenvalue weighted by Crippen LogP contribution is 2.35. The Morgan fingerprint density at radius 3 is 2.61 bits per heavy atom. The molecular formula is C20H33N3O5. The zero-order valence-corrected chi connectivity index (χ0v) is 17.2. The van der Waals surface area contributed by atoms with Gasteiger partial charge < -0.3 is 20.3 Å². The van der Waals surface area contributed by atoms with E-state index >= 15 is 0 Å². The summed E-state index contributed by atoms with van der Waals surface area (Å²) in [5.41, 5.74) is 0. The molecule has 0 aromatic rings. The molecule has 0 radical (unpaired) electrons. The number of esters is 1. The number of hydrogen-bond donors (Lipinski definition) is 2. The number of rotatable bonds is 8. The molecule has 1 saturated carbocycles. The summed E-state index contributed by atoms with van der Waals surface area (Å²) in [5, 5.41) is 5.05. The predicted octanol–water partition coefficient (Wildman–Crippen LogP) is 0.845. The predicted molar refractivity (Wildman–Crippen MR) is 103 cm³/mol. The van der Waals surface area contributed by atoms with E-state index in [-0.39, 0.29) is 30.8 Å². The van der Waals surface area contributed by atoms with Crippen molar-refractivity contribution in [3.05, 3.63) is 0 Å². The van der Waals surface area contributed by atoms with E-state index in [0.717, 1.165) is 19.3 Å². The van der Waals surface area contributed by atoms with Crippen LogP contribution in [-0.4, -0.2) is 60.9 Å². The van der Waals surface area contributed by atoms with E-state index in [1.807, 2.05) is 11.8 Å². The van der Waals surface area contributed by atoms with Crippen LogP contribution >= 0.6 is 0 Å². The molecule has 8 heteroatoms. The van der Waals surface area contributed by atoms with Crippen LogP contribution in [0.25, 0.3) is 0 Å². The number of nitrogens with one attached hydrogen (secondary N) is 2. The molecule has 0 bridgehead atoms. The first-order valence-corrected chi connectivity index (χ1v) is 10.3. The highest BCUT2D eigenvalue weighted by molar-refractivity contribution is 5.89. The number of carbonyl (C=O) groups excluding carboxylic acids is 4. The molecule has 8 nitrogen and oxygen atoms in total. The maximum atomic E-state index is 12.4. The minimum atomic E-state index is -0.532. The van der Waals surface area contributed by atoms with Crippen LogP contribution in [0.2, 0.25) is 0 Å². The first-order chi connectivity index (χ1) is 13.3. The molecule has 0 aromatic heterocycles. The molecule has 2 fully saturated rings. The Balaban J connectivity index is 1.75. The van der Waals surface area contributed by atoms with Gasteiger partial charge in [0.25, 0.3) is 5.91 Å². The van der Waals surface area contributed by atoms with Crippen LogP contribution in [0.15, 0.2) is 0 Å². The second-order valence-electron chi connectivity index (χ2n) is 8.02. The summed E-state index contributed by atoms with van der Waals surface area (Å²) < 4.78 is 5.07. The highest BCUT2D eigenvalue weighted by Gasteiger charge is 2.42. The molecule has 2 N–H and O–H groups in total. The molecule has 1 heterocycles. The second-order valence-corrected chi connectivity index (χ2v) is 8.02. The first-order valence-electron chi connectivity index (χ1n) is 10.3. The molecule has 3 amide bonds. The van der Waals surface area contributed by atoms with Gasteiger partial charge in [0.2, 0.25) is 11.8 Å². The summed E-state index contributed by atoms with van der Waals surface area (Å²) >= 11 is 0. The number of ether oxygens (including phenoxy) is 1. The van der Waals surface area contributed by atoms with Gasteiger partial charge in [0, 0.05) is 25.6 Å². The highest BCUT2D eigenvalue weighted by atomic mass is 16.5. The Morgan fingerprint density at radius 2 is 1.89 bits per heavy atom. The lowest BCUT2D eigenvalue weighted by Crippen LogP contribution is -2.45. The molecule has 1 saturated heterocycles. The van der Waals surface area contributed by atoms with Crippen LogP contribution in [0.1, 0.15) is 52.9 Å². The lowest BCUT2D eigenvalue weighted by atomic mass is 9.77. The third kappa shape index (κ3) is 5.94. The number of nitrogens with zero attached hydrogens (tertiary/aromatic N) is 1. The number of amides is 3. The van der Waals surface area contributed by atoms with Crippen LogP contribution in [0.5, 0.6) is 0 Å². The van der Waals surface area contributed by atoms with Crippen molar-refractivity contribution in [3.63, 3.8) is 0 Å². The fourth-order valence-corrected chi connectivity index (χ4v) is 4.02. The van der Waals surface area contributed by atoms with Crippen molar-refractivity contribution in [2.75, 3.05) is 26.2 Å². The third-order valence-corrected chi connectivity index (χ3v) is 5.92. The molecule has 0 unspecified atom stereocenters. The van der Waals surface area contributed by atoms with Crippen molar-refractivity contribution < 1.29 is 23.9 Å². The van der Waals surface area contributed by atoms with E-state index < -0.39 is 24.4 Å². The molecule has 158 valence electrons. The van der Waals surface area contributed by atoms with Gasteiger partial charge in [0.05, 0.1) is 12.5 Å². The number of likely N-dealkylation sites (tertiary alicyclic amines) is 1.